The van der Waals surface area contributed by atoms with Gasteiger partial charge in [0, 0.05) is 19.4 Å². The first-order valence-electron chi connectivity index (χ1n) is 6.13. The second-order valence-electron chi connectivity index (χ2n) is 4.19. The zero-order valence-corrected chi connectivity index (χ0v) is 11.4. The minimum absolute atomic E-state index is 0. The first-order valence-corrected chi connectivity index (χ1v) is 6.13. The monoisotopic (exact) mass is 286 g/mol. The lowest BCUT2D eigenvalue weighted by Gasteiger charge is -2.15. The number of amides is 1. The summed E-state index contributed by atoms with van der Waals surface area (Å²) in [6, 6.07) is 7.40. The predicted octanol–water partition coefficient (Wildman–Crippen LogP) is 1.56. The fraction of sp³-hybridized carbons (Fsp3) is 0.462. The van der Waals surface area contributed by atoms with E-state index in [0.29, 0.717) is 31.0 Å². The van der Waals surface area contributed by atoms with E-state index in [1.54, 1.807) is 0 Å². The Labute approximate surface area is 118 Å². The van der Waals surface area contributed by atoms with E-state index in [1.165, 1.54) is 0 Å². The molecule has 3 N–H and O–H groups in total. The number of rotatable bonds is 5. The Hall–Kier alpha value is -1.30. The molecule has 1 unspecified atom stereocenters. The van der Waals surface area contributed by atoms with E-state index in [1.807, 2.05) is 24.3 Å². The van der Waals surface area contributed by atoms with Crippen LogP contribution in [0.25, 0.3) is 0 Å². The third-order valence-electron chi connectivity index (χ3n) is 2.71. The molecule has 1 aliphatic heterocycles. The molecule has 1 amide bonds. The smallest absolute Gasteiger partial charge is 0.225 e. The molecule has 0 radical (unpaired) electrons. The van der Waals surface area contributed by atoms with Gasteiger partial charge in [-0.15, -0.1) is 12.4 Å². The van der Waals surface area contributed by atoms with Gasteiger partial charge in [0.1, 0.15) is 11.9 Å². The Morgan fingerprint density at radius 1 is 1.47 bits per heavy atom. The van der Waals surface area contributed by atoms with Crippen LogP contribution in [-0.4, -0.2) is 31.8 Å². The number of anilines is 1. The molecular weight excluding hydrogens is 268 g/mol. The SMILES string of the molecule is Cl.NCCC(=O)Nc1ccccc1OC1CCOC1. The number of hydrogen-bond acceptors (Lipinski definition) is 4. The maximum atomic E-state index is 11.5. The Bertz CT molecular complexity index is 409. The number of para-hydroxylation sites is 2. The minimum atomic E-state index is -0.101. The number of hydrogen-bond donors (Lipinski definition) is 2. The van der Waals surface area contributed by atoms with Crippen LogP contribution in [0.3, 0.4) is 0 Å². The predicted molar refractivity (Wildman–Crippen MR) is 75.8 cm³/mol. The third kappa shape index (κ3) is 4.70. The lowest BCUT2D eigenvalue weighted by atomic mass is 10.2. The summed E-state index contributed by atoms with van der Waals surface area (Å²) >= 11 is 0. The molecule has 1 atom stereocenters. The van der Waals surface area contributed by atoms with E-state index < -0.39 is 0 Å². The van der Waals surface area contributed by atoms with Crippen LogP contribution in [0.15, 0.2) is 24.3 Å². The highest BCUT2D eigenvalue weighted by atomic mass is 35.5. The van der Waals surface area contributed by atoms with Gasteiger partial charge in [0.2, 0.25) is 5.91 Å². The molecule has 1 saturated heterocycles. The summed E-state index contributed by atoms with van der Waals surface area (Å²) in [5.74, 6) is 0.578. The summed E-state index contributed by atoms with van der Waals surface area (Å²) in [4.78, 5) is 11.5. The lowest BCUT2D eigenvalue weighted by molar-refractivity contribution is -0.116. The summed E-state index contributed by atoms with van der Waals surface area (Å²) in [5.41, 5.74) is 6.03. The summed E-state index contributed by atoms with van der Waals surface area (Å²) in [7, 11) is 0. The highest BCUT2D eigenvalue weighted by Crippen LogP contribution is 2.26. The maximum absolute atomic E-state index is 11.5. The van der Waals surface area contributed by atoms with Crippen molar-refractivity contribution >= 4 is 24.0 Å². The Kier molecular flexibility index (Phi) is 6.62. The van der Waals surface area contributed by atoms with Crippen LogP contribution in [0, 0.1) is 0 Å². The number of halogens is 1. The maximum Gasteiger partial charge on any atom is 0.225 e. The molecule has 5 nitrogen and oxygen atoms in total. The molecule has 1 aromatic rings. The van der Waals surface area contributed by atoms with Crippen LogP contribution in [0.5, 0.6) is 5.75 Å². The molecule has 106 valence electrons. The van der Waals surface area contributed by atoms with Gasteiger partial charge in [-0.05, 0) is 12.1 Å². The van der Waals surface area contributed by atoms with Crippen molar-refractivity contribution in [3.8, 4) is 5.75 Å². The zero-order chi connectivity index (χ0) is 12.8. The van der Waals surface area contributed by atoms with Crippen molar-refractivity contribution in [3.05, 3.63) is 24.3 Å². The van der Waals surface area contributed by atoms with Gasteiger partial charge in [-0.2, -0.15) is 0 Å². The van der Waals surface area contributed by atoms with Gasteiger partial charge in [-0.3, -0.25) is 4.79 Å². The van der Waals surface area contributed by atoms with Crippen LogP contribution in [0.1, 0.15) is 12.8 Å². The number of nitrogens with one attached hydrogen (secondary N) is 1. The van der Waals surface area contributed by atoms with Gasteiger partial charge in [-0.25, -0.2) is 0 Å². The Morgan fingerprint density at radius 3 is 2.95 bits per heavy atom. The summed E-state index contributed by atoms with van der Waals surface area (Å²) < 4.78 is 11.1. The molecule has 6 heteroatoms. The fourth-order valence-corrected chi connectivity index (χ4v) is 1.80. The third-order valence-corrected chi connectivity index (χ3v) is 2.71. The Balaban J connectivity index is 0.00000180. The van der Waals surface area contributed by atoms with Crippen molar-refractivity contribution in [1.29, 1.82) is 0 Å². The van der Waals surface area contributed by atoms with Crippen molar-refractivity contribution in [1.82, 2.24) is 0 Å². The lowest BCUT2D eigenvalue weighted by Crippen LogP contribution is -2.19. The van der Waals surface area contributed by atoms with Gasteiger partial charge in [0.25, 0.3) is 0 Å². The molecule has 0 saturated carbocycles. The fourth-order valence-electron chi connectivity index (χ4n) is 1.80. The van der Waals surface area contributed by atoms with E-state index in [0.717, 1.165) is 13.0 Å². The average Bonchev–Trinajstić information content (AvgIpc) is 2.85. The van der Waals surface area contributed by atoms with Crippen molar-refractivity contribution in [2.75, 3.05) is 25.1 Å². The molecule has 1 heterocycles. The van der Waals surface area contributed by atoms with Gasteiger partial charge < -0.3 is 20.5 Å². The van der Waals surface area contributed by atoms with Crippen LogP contribution < -0.4 is 15.8 Å². The highest BCUT2D eigenvalue weighted by Gasteiger charge is 2.18. The molecule has 0 bridgehead atoms. The van der Waals surface area contributed by atoms with E-state index in [-0.39, 0.29) is 24.4 Å². The molecule has 1 aliphatic rings. The van der Waals surface area contributed by atoms with Crippen molar-refractivity contribution in [2.45, 2.75) is 18.9 Å². The zero-order valence-electron chi connectivity index (χ0n) is 10.6. The number of ether oxygens (including phenoxy) is 2. The van der Waals surface area contributed by atoms with E-state index in [4.69, 9.17) is 15.2 Å². The average molecular weight is 287 g/mol. The van der Waals surface area contributed by atoms with Crippen LogP contribution in [0.4, 0.5) is 5.69 Å². The van der Waals surface area contributed by atoms with Gasteiger partial charge >= 0.3 is 0 Å². The first-order chi connectivity index (χ1) is 8.79. The minimum Gasteiger partial charge on any atom is -0.486 e. The molecular formula is C13H19ClN2O3. The van der Waals surface area contributed by atoms with Gasteiger partial charge in [0.15, 0.2) is 0 Å². The molecule has 1 fully saturated rings. The molecule has 0 spiro atoms. The normalized spacial score (nSPS) is 17.6. The molecule has 19 heavy (non-hydrogen) atoms. The van der Waals surface area contributed by atoms with E-state index >= 15 is 0 Å². The van der Waals surface area contributed by atoms with Gasteiger partial charge in [0.05, 0.1) is 18.9 Å². The van der Waals surface area contributed by atoms with Crippen LogP contribution >= 0.6 is 12.4 Å². The Morgan fingerprint density at radius 2 is 2.26 bits per heavy atom. The molecule has 2 rings (SSSR count). The second kappa shape index (κ2) is 7.99. The van der Waals surface area contributed by atoms with Crippen LogP contribution in [-0.2, 0) is 9.53 Å². The number of benzene rings is 1. The van der Waals surface area contributed by atoms with E-state index in [9.17, 15) is 4.79 Å². The summed E-state index contributed by atoms with van der Waals surface area (Å²) in [5, 5.41) is 2.80. The highest BCUT2D eigenvalue weighted by molar-refractivity contribution is 5.92. The standard InChI is InChI=1S/C13H18N2O3.ClH/c14-7-5-13(16)15-11-3-1-2-4-12(11)18-10-6-8-17-9-10;/h1-4,10H,5-9,14H2,(H,15,16);1H. The molecule has 1 aromatic carbocycles. The largest absolute Gasteiger partial charge is 0.486 e. The quantitative estimate of drug-likeness (QED) is 0.861. The molecule has 0 aliphatic carbocycles. The number of carbonyl (C=O) groups excluding carboxylic acids is 1. The van der Waals surface area contributed by atoms with Crippen molar-refractivity contribution in [3.63, 3.8) is 0 Å². The second-order valence-corrected chi connectivity index (χ2v) is 4.19. The first kappa shape index (κ1) is 15.8. The van der Waals surface area contributed by atoms with Crippen molar-refractivity contribution < 1.29 is 14.3 Å². The number of carbonyl (C=O) groups is 1. The topological polar surface area (TPSA) is 73.6 Å². The summed E-state index contributed by atoms with van der Waals surface area (Å²) in [6.07, 6.45) is 1.25. The number of nitrogens with two attached hydrogens (primary N) is 1. The molecule has 0 aromatic heterocycles. The van der Waals surface area contributed by atoms with Gasteiger partial charge in [-0.1, -0.05) is 12.1 Å². The van der Waals surface area contributed by atoms with Crippen molar-refractivity contribution in [2.24, 2.45) is 5.73 Å². The van der Waals surface area contributed by atoms with E-state index in [2.05, 4.69) is 5.32 Å². The van der Waals surface area contributed by atoms with Crippen LogP contribution in [0.2, 0.25) is 0 Å². The summed E-state index contributed by atoms with van der Waals surface area (Å²) in [6.45, 7) is 1.67.